The molecule has 0 fully saturated rings. The maximum absolute atomic E-state index is 12.3. The minimum Gasteiger partial charge on any atom is -0.488 e. The molecule has 0 N–H and O–H groups in total. The van der Waals surface area contributed by atoms with Crippen LogP contribution in [0.2, 0.25) is 5.02 Å². The van der Waals surface area contributed by atoms with Crippen LogP contribution in [0.5, 0.6) is 5.75 Å². The molecular weight excluding hydrogens is 234 g/mol. The van der Waals surface area contributed by atoms with Crippen molar-refractivity contribution in [3.8, 4) is 5.75 Å². The number of methoxy groups -OCH3 is 1. The van der Waals surface area contributed by atoms with Crippen LogP contribution in [0.25, 0.3) is 0 Å². The minimum atomic E-state index is -2.86. The molecule has 0 atom stereocenters. The van der Waals surface area contributed by atoms with E-state index >= 15 is 0 Å². The minimum absolute atomic E-state index is 0.459. The van der Waals surface area contributed by atoms with Gasteiger partial charge < -0.3 is 14.9 Å². The topological polar surface area (TPSA) is 65.3 Å². The number of ether oxygens (including phenoxy) is 1. The number of nitrogens with zero attached hydrogens (tertiary/aromatic N) is 2. The highest BCUT2D eigenvalue weighted by atomic mass is 35.5. The highest BCUT2D eigenvalue weighted by Crippen LogP contribution is 2.38. The molecule has 5 nitrogen and oxygen atoms in total. The molecule has 0 aromatic carbocycles. The van der Waals surface area contributed by atoms with Crippen molar-refractivity contribution in [1.29, 1.82) is 0 Å². The second-order valence-corrected chi connectivity index (χ2v) is 2.82. The molecule has 1 aromatic heterocycles. The standard InChI is InChI=1S/C7H5ClF2N2O3/c1-15-5-4(8)3(6(9)10)2-11-7(5)12(13)14/h2,6H,1H3. The van der Waals surface area contributed by atoms with Crippen LogP contribution in [0.15, 0.2) is 6.20 Å². The quantitative estimate of drug-likeness (QED) is 0.600. The van der Waals surface area contributed by atoms with Crippen LogP contribution < -0.4 is 4.74 Å². The van der Waals surface area contributed by atoms with Crippen molar-refractivity contribution in [3.63, 3.8) is 0 Å². The summed E-state index contributed by atoms with van der Waals surface area (Å²) in [6.45, 7) is 0. The third-order valence-electron chi connectivity index (χ3n) is 1.59. The van der Waals surface area contributed by atoms with E-state index in [-0.39, 0.29) is 0 Å². The number of nitro groups is 1. The highest BCUT2D eigenvalue weighted by Gasteiger charge is 2.26. The van der Waals surface area contributed by atoms with Crippen LogP contribution in [0, 0.1) is 10.1 Å². The van der Waals surface area contributed by atoms with E-state index < -0.39 is 33.5 Å². The van der Waals surface area contributed by atoms with Crippen molar-refractivity contribution in [2.75, 3.05) is 7.11 Å². The molecule has 0 aliphatic carbocycles. The fourth-order valence-corrected chi connectivity index (χ4v) is 1.23. The zero-order valence-corrected chi connectivity index (χ0v) is 8.16. The lowest BCUT2D eigenvalue weighted by atomic mass is 10.2. The first kappa shape index (κ1) is 11.6. The van der Waals surface area contributed by atoms with Gasteiger partial charge in [-0.2, -0.15) is 0 Å². The van der Waals surface area contributed by atoms with E-state index in [4.69, 9.17) is 11.6 Å². The lowest BCUT2D eigenvalue weighted by molar-refractivity contribution is -0.390. The lowest BCUT2D eigenvalue weighted by Crippen LogP contribution is -2.00. The molecule has 0 unspecified atom stereocenters. The van der Waals surface area contributed by atoms with Crippen molar-refractivity contribution in [1.82, 2.24) is 4.98 Å². The van der Waals surface area contributed by atoms with Gasteiger partial charge in [0.2, 0.25) is 5.75 Å². The van der Waals surface area contributed by atoms with E-state index in [9.17, 15) is 18.9 Å². The van der Waals surface area contributed by atoms with Crippen LogP contribution >= 0.6 is 11.6 Å². The Morgan fingerprint density at radius 3 is 2.67 bits per heavy atom. The number of rotatable bonds is 3. The molecule has 1 heterocycles. The Kier molecular flexibility index (Phi) is 3.35. The summed E-state index contributed by atoms with van der Waals surface area (Å²) in [4.78, 5) is 12.8. The van der Waals surface area contributed by atoms with E-state index in [1.807, 2.05) is 0 Å². The number of hydrogen-bond acceptors (Lipinski definition) is 4. The zero-order valence-electron chi connectivity index (χ0n) is 7.41. The lowest BCUT2D eigenvalue weighted by Gasteiger charge is -2.06. The highest BCUT2D eigenvalue weighted by molar-refractivity contribution is 6.33. The first-order valence-electron chi connectivity index (χ1n) is 3.64. The first-order valence-corrected chi connectivity index (χ1v) is 4.01. The molecule has 1 rings (SSSR count). The molecule has 0 amide bonds. The number of pyridine rings is 1. The number of hydrogen-bond donors (Lipinski definition) is 0. The Morgan fingerprint density at radius 1 is 1.67 bits per heavy atom. The fraction of sp³-hybridized carbons (Fsp3) is 0.286. The van der Waals surface area contributed by atoms with Gasteiger partial charge in [-0.25, -0.2) is 8.78 Å². The Bertz CT molecular complexity index is 400. The number of alkyl halides is 2. The van der Waals surface area contributed by atoms with Crippen LogP contribution in [-0.4, -0.2) is 17.0 Å². The third-order valence-corrected chi connectivity index (χ3v) is 1.98. The maximum atomic E-state index is 12.3. The number of aromatic nitrogens is 1. The van der Waals surface area contributed by atoms with Gasteiger partial charge in [0, 0.05) is 0 Å². The van der Waals surface area contributed by atoms with Crippen LogP contribution in [-0.2, 0) is 0 Å². The van der Waals surface area contributed by atoms with Crippen molar-refractivity contribution in [3.05, 3.63) is 26.9 Å². The second-order valence-electron chi connectivity index (χ2n) is 2.44. The molecule has 0 spiro atoms. The monoisotopic (exact) mass is 238 g/mol. The van der Waals surface area contributed by atoms with E-state index in [1.165, 1.54) is 0 Å². The Balaban J connectivity index is 3.39. The van der Waals surface area contributed by atoms with Gasteiger partial charge in [0.05, 0.1) is 12.7 Å². The molecule has 0 saturated carbocycles. The van der Waals surface area contributed by atoms with Gasteiger partial charge in [-0.05, 0) is 9.91 Å². The van der Waals surface area contributed by atoms with Gasteiger partial charge in [-0.1, -0.05) is 11.6 Å². The summed E-state index contributed by atoms with van der Waals surface area (Å²) < 4.78 is 29.2. The fourth-order valence-electron chi connectivity index (χ4n) is 0.938. The Morgan fingerprint density at radius 2 is 2.27 bits per heavy atom. The second kappa shape index (κ2) is 4.35. The molecule has 82 valence electrons. The van der Waals surface area contributed by atoms with Crippen molar-refractivity contribution in [2.24, 2.45) is 0 Å². The summed E-state index contributed by atoms with van der Waals surface area (Å²) >= 11 is 5.50. The van der Waals surface area contributed by atoms with Crippen molar-refractivity contribution in [2.45, 2.75) is 6.43 Å². The molecule has 0 radical (unpaired) electrons. The summed E-state index contributed by atoms with van der Waals surface area (Å²) in [6, 6.07) is 0. The van der Waals surface area contributed by atoms with Gasteiger partial charge >= 0.3 is 5.82 Å². The Labute approximate surface area is 87.8 Å². The van der Waals surface area contributed by atoms with Crippen LogP contribution in [0.4, 0.5) is 14.6 Å². The average Bonchev–Trinajstić information content (AvgIpc) is 2.16. The zero-order chi connectivity index (χ0) is 11.6. The largest absolute Gasteiger partial charge is 0.488 e. The van der Waals surface area contributed by atoms with Gasteiger partial charge in [0.1, 0.15) is 5.02 Å². The van der Waals surface area contributed by atoms with E-state index in [1.54, 1.807) is 0 Å². The van der Waals surface area contributed by atoms with Crippen LogP contribution in [0.3, 0.4) is 0 Å². The summed E-state index contributed by atoms with van der Waals surface area (Å²) in [5.74, 6) is -1.15. The molecule has 15 heavy (non-hydrogen) atoms. The molecular formula is C7H5ClF2N2O3. The van der Waals surface area contributed by atoms with Gasteiger partial charge in [-0.3, -0.25) is 0 Å². The molecule has 0 aliphatic rings. The predicted octanol–water partition coefficient (Wildman–Crippen LogP) is 2.59. The van der Waals surface area contributed by atoms with E-state index in [0.717, 1.165) is 7.11 Å². The van der Waals surface area contributed by atoms with Crippen molar-refractivity contribution >= 4 is 17.4 Å². The molecule has 0 aliphatic heterocycles. The van der Waals surface area contributed by atoms with Gasteiger partial charge in [0.15, 0.2) is 6.20 Å². The predicted molar refractivity (Wildman–Crippen MR) is 47.4 cm³/mol. The smallest absolute Gasteiger partial charge is 0.407 e. The molecule has 8 heteroatoms. The molecule has 0 saturated heterocycles. The normalized spacial score (nSPS) is 10.5. The SMILES string of the molecule is COc1c([N+](=O)[O-])ncc(C(F)F)c1Cl. The van der Waals surface area contributed by atoms with Gasteiger partial charge in [0.25, 0.3) is 6.43 Å². The van der Waals surface area contributed by atoms with Crippen LogP contribution in [0.1, 0.15) is 12.0 Å². The summed E-state index contributed by atoms with van der Waals surface area (Å²) in [5.41, 5.74) is -0.598. The van der Waals surface area contributed by atoms with E-state index in [0.29, 0.717) is 6.20 Å². The average molecular weight is 239 g/mol. The molecule has 1 aromatic rings. The summed E-state index contributed by atoms with van der Waals surface area (Å²) in [5, 5.41) is 9.94. The summed E-state index contributed by atoms with van der Waals surface area (Å²) in [7, 11) is 1.09. The van der Waals surface area contributed by atoms with Crippen molar-refractivity contribution < 1.29 is 18.4 Å². The Hall–Kier alpha value is -1.50. The molecule has 0 bridgehead atoms. The van der Waals surface area contributed by atoms with Gasteiger partial charge in [-0.15, -0.1) is 0 Å². The van der Waals surface area contributed by atoms with E-state index in [2.05, 4.69) is 9.72 Å². The number of halogens is 3. The first-order chi connectivity index (χ1) is 6.99. The maximum Gasteiger partial charge on any atom is 0.407 e. The third kappa shape index (κ3) is 2.12. The summed E-state index contributed by atoms with van der Waals surface area (Å²) in [6.07, 6.45) is -2.20.